The van der Waals surface area contributed by atoms with E-state index in [2.05, 4.69) is 83.6 Å². The Bertz CT molecular complexity index is 522. The first-order valence-corrected chi connectivity index (χ1v) is 7.55. The molecular formula is C17H20BrN. The average Bonchev–Trinajstić information content (AvgIpc) is 2.43. The molecule has 1 unspecified atom stereocenters. The molecule has 0 aliphatic carbocycles. The molecule has 0 heterocycles. The zero-order valence-corrected chi connectivity index (χ0v) is 13.1. The summed E-state index contributed by atoms with van der Waals surface area (Å²) in [7, 11) is 0. The molecule has 0 aromatic heterocycles. The topological polar surface area (TPSA) is 12.0 Å². The van der Waals surface area contributed by atoms with E-state index in [4.69, 9.17) is 0 Å². The van der Waals surface area contributed by atoms with Crippen molar-refractivity contribution in [2.45, 2.75) is 32.7 Å². The van der Waals surface area contributed by atoms with Crippen LogP contribution >= 0.6 is 15.9 Å². The molecule has 2 rings (SSSR count). The number of hydrogen-bond acceptors (Lipinski definition) is 1. The lowest BCUT2D eigenvalue weighted by Crippen LogP contribution is -2.21. The van der Waals surface area contributed by atoms with Crippen molar-refractivity contribution in [1.82, 2.24) is 0 Å². The highest BCUT2D eigenvalue weighted by Crippen LogP contribution is 2.22. The molecule has 2 heteroatoms. The third-order valence-corrected chi connectivity index (χ3v) is 4.21. The second-order valence-electron chi connectivity index (χ2n) is 4.90. The standard InChI is InChI=1S/C17H20BrN/c1-3-15(11-14-7-5-4-6-8-14)19-16-10-9-13(2)17(18)12-16/h4-10,12,15,19H,3,11H2,1-2H3. The zero-order chi connectivity index (χ0) is 13.7. The van der Waals surface area contributed by atoms with Gasteiger partial charge in [0.15, 0.2) is 0 Å². The van der Waals surface area contributed by atoms with Gasteiger partial charge in [0.2, 0.25) is 0 Å². The maximum absolute atomic E-state index is 3.62. The van der Waals surface area contributed by atoms with E-state index in [0.29, 0.717) is 6.04 Å². The molecule has 0 aliphatic heterocycles. The predicted molar refractivity (Wildman–Crippen MR) is 86.7 cm³/mol. The molecule has 100 valence electrons. The van der Waals surface area contributed by atoms with Gasteiger partial charge in [-0.1, -0.05) is 59.3 Å². The van der Waals surface area contributed by atoms with Gasteiger partial charge in [-0.3, -0.25) is 0 Å². The summed E-state index contributed by atoms with van der Waals surface area (Å²) in [5.74, 6) is 0. The molecule has 1 nitrogen and oxygen atoms in total. The van der Waals surface area contributed by atoms with E-state index in [-0.39, 0.29) is 0 Å². The van der Waals surface area contributed by atoms with Gasteiger partial charge in [0.25, 0.3) is 0 Å². The summed E-state index contributed by atoms with van der Waals surface area (Å²) in [5.41, 5.74) is 3.83. The van der Waals surface area contributed by atoms with Gasteiger partial charge in [-0.25, -0.2) is 0 Å². The molecule has 0 saturated carbocycles. The van der Waals surface area contributed by atoms with Crippen molar-refractivity contribution in [2.24, 2.45) is 0 Å². The Morgan fingerprint density at radius 1 is 1.11 bits per heavy atom. The Kier molecular flexibility index (Phi) is 5.03. The third kappa shape index (κ3) is 4.10. The van der Waals surface area contributed by atoms with Crippen molar-refractivity contribution < 1.29 is 0 Å². The van der Waals surface area contributed by atoms with Crippen LogP contribution in [0.15, 0.2) is 53.0 Å². The molecule has 0 radical (unpaired) electrons. The smallest absolute Gasteiger partial charge is 0.0353 e. The van der Waals surface area contributed by atoms with E-state index in [1.54, 1.807) is 0 Å². The summed E-state index contributed by atoms with van der Waals surface area (Å²) < 4.78 is 1.16. The van der Waals surface area contributed by atoms with Gasteiger partial charge >= 0.3 is 0 Å². The van der Waals surface area contributed by atoms with Gasteiger partial charge in [0.1, 0.15) is 0 Å². The lowest BCUT2D eigenvalue weighted by molar-refractivity contribution is 0.690. The fraction of sp³-hybridized carbons (Fsp3) is 0.294. The van der Waals surface area contributed by atoms with Crippen molar-refractivity contribution in [1.29, 1.82) is 0 Å². The SMILES string of the molecule is CCC(Cc1ccccc1)Nc1ccc(C)c(Br)c1. The van der Waals surface area contributed by atoms with E-state index in [0.717, 1.165) is 17.3 Å². The third-order valence-electron chi connectivity index (χ3n) is 3.36. The molecule has 0 aliphatic rings. The fourth-order valence-electron chi connectivity index (χ4n) is 2.11. The van der Waals surface area contributed by atoms with Crippen LogP contribution in [0.3, 0.4) is 0 Å². The number of anilines is 1. The predicted octanol–water partition coefficient (Wildman–Crippen LogP) is 5.19. The van der Waals surface area contributed by atoms with Gasteiger partial charge in [-0.05, 0) is 43.0 Å². The molecule has 0 saturated heterocycles. The summed E-state index contributed by atoms with van der Waals surface area (Å²) in [6, 6.07) is 17.6. The van der Waals surface area contributed by atoms with Crippen LogP contribution in [0.2, 0.25) is 0 Å². The molecule has 1 N–H and O–H groups in total. The monoisotopic (exact) mass is 317 g/mol. The average molecular weight is 318 g/mol. The normalized spacial score (nSPS) is 12.2. The van der Waals surface area contributed by atoms with Crippen LogP contribution in [0, 0.1) is 6.92 Å². The molecule has 0 bridgehead atoms. The first kappa shape index (κ1) is 14.1. The number of rotatable bonds is 5. The van der Waals surface area contributed by atoms with Crippen LogP contribution in [0.25, 0.3) is 0 Å². The summed E-state index contributed by atoms with van der Waals surface area (Å²) in [6.07, 6.45) is 2.17. The highest BCUT2D eigenvalue weighted by Gasteiger charge is 2.07. The van der Waals surface area contributed by atoms with E-state index in [1.807, 2.05) is 0 Å². The van der Waals surface area contributed by atoms with Crippen molar-refractivity contribution >= 4 is 21.6 Å². The van der Waals surface area contributed by atoms with Crippen molar-refractivity contribution in [3.8, 4) is 0 Å². The second-order valence-corrected chi connectivity index (χ2v) is 5.76. The molecule has 2 aromatic carbocycles. The van der Waals surface area contributed by atoms with Crippen LogP contribution in [0.5, 0.6) is 0 Å². The minimum Gasteiger partial charge on any atom is -0.382 e. The molecule has 1 atom stereocenters. The minimum atomic E-state index is 0.469. The fourth-order valence-corrected chi connectivity index (χ4v) is 2.49. The van der Waals surface area contributed by atoms with Crippen molar-refractivity contribution in [3.63, 3.8) is 0 Å². The first-order chi connectivity index (χ1) is 9.19. The van der Waals surface area contributed by atoms with Crippen LogP contribution in [0.4, 0.5) is 5.69 Å². The van der Waals surface area contributed by atoms with Crippen LogP contribution < -0.4 is 5.32 Å². The summed E-state index contributed by atoms with van der Waals surface area (Å²) in [6.45, 7) is 4.33. The maximum atomic E-state index is 3.62. The number of aryl methyl sites for hydroxylation is 1. The Balaban J connectivity index is 2.04. The number of halogens is 1. The first-order valence-electron chi connectivity index (χ1n) is 6.75. The summed E-state index contributed by atoms with van der Waals surface area (Å²) in [5, 5.41) is 3.62. The maximum Gasteiger partial charge on any atom is 0.0353 e. The quantitative estimate of drug-likeness (QED) is 0.800. The number of nitrogens with one attached hydrogen (secondary N) is 1. The molecule has 0 amide bonds. The van der Waals surface area contributed by atoms with E-state index >= 15 is 0 Å². The molecule has 0 fully saturated rings. The van der Waals surface area contributed by atoms with Crippen molar-refractivity contribution in [3.05, 3.63) is 64.1 Å². The van der Waals surface area contributed by atoms with Crippen LogP contribution in [0.1, 0.15) is 24.5 Å². The van der Waals surface area contributed by atoms with Gasteiger partial charge < -0.3 is 5.32 Å². The molecule has 0 spiro atoms. The van der Waals surface area contributed by atoms with Crippen molar-refractivity contribution in [2.75, 3.05) is 5.32 Å². The largest absolute Gasteiger partial charge is 0.382 e. The van der Waals surface area contributed by atoms with Gasteiger partial charge in [0.05, 0.1) is 0 Å². The van der Waals surface area contributed by atoms with E-state index in [9.17, 15) is 0 Å². The lowest BCUT2D eigenvalue weighted by Gasteiger charge is -2.19. The number of hydrogen-bond donors (Lipinski definition) is 1. The Hall–Kier alpha value is -1.28. The summed E-state index contributed by atoms with van der Waals surface area (Å²) in [4.78, 5) is 0. The Morgan fingerprint density at radius 3 is 2.47 bits per heavy atom. The lowest BCUT2D eigenvalue weighted by atomic mass is 10.0. The number of benzene rings is 2. The van der Waals surface area contributed by atoms with Gasteiger partial charge in [0, 0.05) is 16.2 Å². The Morgan fingerprint density at radius 2 is 1.84 bits per heavy atom. The highest BCUT2D eigenvalue weighted by molar-refractivity contribution is 9.10. The van der Waals surface area contributed by atoms with Crippen LogP contribution in [-0.4, -0.2) is 6.04 Å². The zero-order valence-electron chi connectivity index (χ0n) is 11.5. The minimum absolute atomic E-state index is 0.469. The van der Waals surface area contributed by atoms with Gasteiger partial charge in [-0.15, -0.1) is 0 Å². The molecule has 2 aromatic rings. The molecular weight excluding hydrogens is 298 g/mol. The molecule has 19 heavy (non-hydrogen) atoms. The second kappa shape index (κ2) is 6.76. The van der Waals surface area contributed by atoms with Crippen LogP contribution in [-0.2, 0) is 6.42 Å². The van der Waals surface area contributed by atoms with E-state index in [1.165, 1.54) is 16.8 Å². The van der Waals surface area contributed by atoms with E-state index < -0.39 is 0 Å². The highest BCUT2D eigenvalue weighted by atomic mass is 79.9. The summed E-state index contributed by atoms with van der Waals surface area (Å²) >= 11 is 3.58. The Labute approximate surface area is 124 Å². The van der Waals surface area contributed by atoms with Gasteiger partial charge in [-0.2, -0.15) is 0 Å².